The van der Waals surface area contributed by atoms with Crippen molar-refractivity contribution in [1.82, 2.24) is 10.1 Å². The summed E-state index contributed by atoms with van der Waals surface area (Å²) >= 11 is 0. The molecule has 3 atom stereocenters. The van der Waals surface area contributed by atoms with Crippen LogP contribution in [0.4, 0.5) is 0 Å². The largest absolute Gasteiger partial charge is 0.393 e. The van der Waals surface area contributed by atoms with E-state index in [1.54, 1.807) is 6.20 Å². The molecule has 1 aliphatic carbocycles. The predicted molar refractivity (Wildman–Crippen MR) is 63.3 cm³/mol. The number of aliphatic hydroxyl groups excluding tert-OH is 1. The zero-order chi connectivity index (χ0) is 11.7. The summed E-state index contributed by atoms with van der Waals surface area (Å²) in [5, 5.41) is 13.8. The molecule has 1 aliphatic heterocycles. The van der Waals surface area contributed by atoms with E-state index >= 15 is 0 Å². The summed E-state index contributed by atoms with van der Waals surface area (Å²) < 4.78 is 5.18. The van der Waals surface area contributed by atoms with Crippen LogP contribution < -0.4 is 0 Å². The number of nitrogens with zero attached hydrogens (tertiary/aromatic N) is 2. The van der Waals surface area contributed by atoms with E-state index in [4.69, 9.17) is 4.52 Å². The highest BCUT2D eigenvalue weighted by Gasteiger charge is 2.38. The molecular formula is C13H20N2O2. The van der Waals surface area contributed by atoms with Crippen LogP contribution in [0.2, 0.25) is 0 Å². The zero-order valence-corrected chi connectivity index (χ0v) is 10.1. The van der Waals surface area contributed by atoms with Crippen molar-refractivity contribution in [3.8, 4) is 0 Å². The molecule has 4 heteroatoms. The molecule has 3 unspecified atom stereocenters. The van der Waals surface area contributed by atoms with Crippen molar-refractivity contribution in [1.29, 1.82) is 0 Å². The molecule has 3 rings (SSSR count). The van der Waals surface area contributed by atoms with Crippen LogP contribution in [-0.2, 0) is 6.54 Å². The van der Waals surface area contributed by atoms with E-state index in [1.807, 2.05) is 6.07 Å². The third-order valence-corrected chi connectivity index (χ3v) is 4.29. The number of hydrogen-bond acceptors (Lipinski definition) is 4. The normalized spacial score (nSPS) is 34.5. The molecule has 0 radical (unpaired) electrons. The van der Waals surface area contributed by atoms with Gasteiger partial charge in [-0.3, -0.25) is 4.90 Å². The molecule has 2 heterocycles. The summed E-state index contributed by atoms with van der Waals surface area (Å²) in [5.74, 6) is 1.41. The van der Waals surface area contributed by atoms with Gasteiger partial charge in [-0.2, -0.15) is 0 Å². The van der Waals surface area contributed by atoms with E-state index in [-0.39, 0.29) is 6.10 Å². The monoisotopic (exact) mass is 236 g/mol. The zero-order valence-electron chi connectivity index (χ0n) is 10.1. The fraction of sp³-hybridized carbons (Fsp3) is 0.769. The third kappa shape index (κ3) is 2.24. The minimum Gasteiger partial charge on any atom is -0.393 e. The van der Waals surface area contributed by atoms with Gasteiger partial charge in [-0.15, -0.1) is 0 Å². The van der Waals surface area contributed by atoms with Crippen molar-refractivity contribution in [3.63, 3.8) is 0 Å². The van der Waals surface area contributed by atoms with Gasteiger partial charge >= 0.3 is 0 Å². The fourth-order valence-corrected chi connectivity index (χ4v) is 3.47. The molecule has 2 fully saturated rings. The van der Waals surface area contributed by atoms with Crippen LogP contribution in [0.5, 0.6) is 0 Å². The molecule has 0 bridgehead atoms. The average molecular weight is 236 g/mol. The summed E-state index contributed by atoms with van der Waals surface area (Å²) in [6.07, 6.45) is 7.41. The highest BCUT2D eigenvalue weighted by Crippen LogP contribution is 2.36. The van der Waals surface area contributed by atoms with Gasteiger partial charge in [-0.05, 0) is 32.2 Å². The minimum atomic E-state index is -0.0877. The molecule has 0 amide bonds. The van der Waals surface area contributed by atoms with Crippen LogP contribution in [0.15, 0.2) is 16.8 Å². The Morgan fingerprint density at radius 1 is 1.35 bits per heavy atom. The van der Waals surface area contributed by atoms with Crippen molar-refractivity contribution >= 4 is 0 Å². The van der Waals surface area contributed by atoms with Crippen LogP contribution in [0.25, 0.3) is 0 Å². The molecule has 4 nitrogen and oxygen atoms in total. The topological polar surface area (TPSA) is 49.5 Å². The van der Waals surface area contributed by atoms with Gasteiger partial charge < -0.3 is 9.63 Å². The van der Waals surface area contributed by atoms with Crippen LogP contribution in [0.3, 0.4) is 0 Å². The molecular weight excluding hydrogens is 216 g/mol. The lowest BCUT2D eigenvalue weighted by atomic mass is 9.94. The van der Waals surface area contributed by atoms with Crippen LogP contribution in [0, 0.1) is 5.92 Å². The SMILES string of the molecule is OC1CCCC1C1CCCN1Cc1ccno1. The maximum absolute atomic E-state index is 10.0. The Morgan fingerprint density at radius 3 is 3.00 bits per heavy atom. The van der Waals surface area contributed by atoms with E-state index in [0.717, 1.165) is 25.3 Å². The first-order chi connectivity index (χ1) is 8.34. The Kier molecular flexibility index (Phi) is 3.16. The van der Waals surface area contributed by atoms with E-state index in [9.17, 15) is 5.11 Å². The molecule has 17 heavy (non-hydrogen) atoms. The van der Waals surface area contributed by atoms with Gasteiger partial charge in [0.1, 0.15) is 0 Å². The van der Waals surface area contributed by atoms with E-state index < -0.39 is 0 Å². The van der Waals surface area contributed by atoms with E-state index in [2.05, 4.69) is 10.1 Å². The van der Waals surface area contributed by atoms with Crippen molar-refractivity contribution in [3.05, 3.63) is 18.0 Å². The van der Waals surface area contributed by atoms with Crippen molar-refractivity contribution in [2.75, 3.05) is 6.54 Å². The second kappa shape index (κ2) is 4.78. The first kappa shape index (κ1) is 11.2. The number of aromatic nitrogens is 1. The average Bonchev–Trinajstić information content (AvgIpc) is 3.00. The number of aliphatic hydroxyl groups is 1. The van der Waals surface area contributed by atoms with Crippen LogP contribution >= 0.6 is 0 Å². The number of rotatable bonds is 3. The smallest absolute Gasteiger partial charge is 0.150 e. The summed E-state index contributed by atoms with van der Waals surface area (Å²) in [7, 11) is 0. The van der Waals surface area contributed by atoms with Gasteiger partial charge in [0.2, 0.25) is 0 Å². The van der Waals surface area contributed by atoms with Crippen LogP contribution in [-0.4, -0.2) is 33.9 Å². The number of likely N-dealkylation sites (tertiary alicyclic amines) is 1. The highest BCUT2D eigenvalue weighted by atomic mass is 16.5. The summed E-state index contributed by atoms with van der Waals surface area (Å²) in [6, 6.07) is 2.47. The molecule has 1 aromatic rings. The minimum absolute atomic E-state index is 0.0877. The molecule has 1 saturated heterocycles. The Labute approximate surface area is 102 Å². The first-order valence-electron chi connectivity index (χ1n) is 6.66. The van der Waals surface area contributed by atoms with Gasteiger partial charge in [0.25, 0.3) is 0 Å². The van der Waals surface area contributed by atoms with Gasteiger partial charge in [-0.25, -0.2) is 0 Å². The predicted octanol–water partition coefficient (Wildman–Crippen LogP) is 1.80. The second-order valence-electron chi connectivity index (χ2n) is 5.32. The maximum atomic E-state index is 10.0. The molecule has 94 valence electrons. The molecule has 0 aromatic carbocycles. The quantitative estimate of drug-likeness (QED) is 0.869. The molecule has 1 N–H and O–H groups in total. The van der Waals surface area contributed by atoms with E-state index in [0.29, 0.717) is 12.0 Å². The van der Waals surface area contributed by atoms with Crippen molar-refractivity contribution in [2.45, 2.75) is 50.8 Å². The van der Waals surface area contributed by atoms with E-state index in [1.165, 1.54) is 25.7 Å². The van der Waals surface area contributed by atoms with Gasteiger partial charge in [-0.1, -0.05) is 11.6 Å². The Morgan fingerprint density at radius 2 is 2.29 bits per heavy atom. The Bertz CT molecular complexity index is 352. The maximum Gasteiger partial charge on any atom is 0.150 e. The summed E-state index contributed by atoms with van der Waals surface area (Å²) in [4.78, 5) is 2.46. The lowest BCUT2D eigenvalue weighted by molar-refractivity contribution is 0.0683. The van der Waals surface area contributed by atoms with Gasteiger partial charge in [0, 0.05) is 18.0 Å². The standard InChI is InChI=1S/C13H20N2O2/c16-13-5-1-3-11(13)12-4-2-8-15(12)9-10-6-7-14-17-10/h6-7,11-13,16H,1-5,8-9H2. The molecule has 1 aromatic heterocycles. The molecule has 0 spiro atoms. The second-order valence-corrected chi connectivity index (χ2v) is 5.32. The summed E-state index contributed by atoms with van der Waals surface area (Å²) in [5.41, 5.74) is 0. The lowest BCUT2D eigenvalue weighted by Gasteiger charge is -2.30. The third-order valence-electron chi connectivity index (χ3n) is 4.29. The highest BCUT2D eigenvalue weighted by molar-refractivity contribution is 4.97. The van der Waals surface area contributed by atoms with Gasteiger partial charge in [0.15, 0.2) is 5.76 Å². The lowest BCUT2D eigenvalue weighted by Crippen LogP contribution is -2.38. The Hall–Kier alpha value is -0.870. The molecule has 2 aliphatic rings. The Balaban J connectivity index is 1.67. The number of hydrogen-bond donors (Lipinski definition) is 1. The van der Waals surface area contributed by atoms with Crippen molar-refractivity contribution < 1.29 is 9.63 Å². The first-order valence-corrected chi connectivity index (χ1v) is 6.66. The van der Waals surface area contributed by atoms with Crippen LogP contribution in [0.1, 0.15) is 37.9 Å². The summed E-state index contributed by atoms with van der Waals surface area (Å²) in [6.45, 7) is 1.96. The fourth-order valence-electron chi connectivity index (χ4n) is 3.47. The molecule has 1 saturated carbocycles. The van der Waals surface area contributed by atoms with Crippen molar-refractivity contribution in [2.24, 2.45) is 5.92 Å². The van der Waals surface area contributed by atoms with Gasteiger partial charge in [0.05, 0.1) is 18.8 Å².